The van der Waals surface area contributed by atoms with Crippen molar-refractivity contribution in [3.05, 3.63) is 59.1 Å². The number of carbonyl (C=O) groups excluding carboxylic acids is 2. The van der Waals surface area contributed by atoms with Gasteiger partial charge in [-0.1, -0.05) is 43.6 Å². The van der Waals surface area contributed by atoms with Gasteiger partial charge in [0, 0.05) is 24.1 Å². The van der Waals surface area contributed by atoms with Crippen molar-refractivity contribution in [3.63, 3.8) is 0 Å². The average molecular weight is 448 g/mol. The van der Waals surface area contributed by atoms with Crippen molar-refractivity contribution < 1.29 is 18.0 Å². The molecule has 0 radical (unpaired) electrons. The number of nitrogens with zero attached hydrogens (tertiary/aromatic N) is 1. The lowest BCUT2D eigenvalue weighted by Gasteiger charge is -2.29. The van der Waals surface area contributed by atoms with E-state index in [1.807, 2.05) is 13.8 Å². The number of hydrazone groups is 1. The first-order valence-corrected chi connectivity index (χ1v) is 11.2. The van der Waals surface area contributed by atoms with Crippen LogP contribution >= 0.6 is 11.6 Å². The molecule has 7 nitrogen and oxygen atoms in total. The molecule has 0 saturated heterocycles. The number of para-hydroxylation sites is 1. The van der Waals surface area contributed by atoms with E-state index in [9.17, 15) is 18.0 Å². The highest BCUT2D eigenvalue weighted by atomic mass is 35.5. The smallest absolute Gasteiger partial charge is 0.271 e. The Balaban J connectivity index is 1.76. The van der Waals surface area contributed by atoms with Crippen LogP contribution in [0.3, 0.4) is 0 Å². The number of amides is 1. The number of anilines is 1. The number of carbonyl (C=O) groups is 2. The monoisotopic (exact) mass is 447 g/mol. The van der Waals surface area contributed by atoms with Gasteiger partial charge in [-0.3, -0.25) is 14.3 Å². The lowest BCUT2D eigenvalue weighted by molar-refractivity contribution is -0.120. The number of nitrogens with one attached hydrogen (secondary N) is 2. The normalized spacial score (nSPS) is 17.6. The molecule has 2 aromatic carbocycles. The van der Waals surface area contributed by atoms with E-state index < -0.39 is 15.9 Å². The summed E-state index contributed by atoms with van der Waals surface area (Å²) in [5.74, 6) is -0.480. The zero-order valence-electron chi connectivity index (χ0n) is 16.6. The summed E-state index contributed by atoms with van der Waals surface area (Å²) in [6, 6.07) is 12.0. The molecule has 1 aliphatic rings. The van der Waals surface area contributed by atoms with Crippen LogP contribution in [0.15, 0.2) is 58.5 Å². The maximum Gasteiger partial charge on any atom is 0.271 e. The highest BCUT2D eigenvalue weighted by Gasteiger charge is 2.30. The van der Waals surface area contributed by atoms with Gasteiger partial charge >= 0.3 is 0 Å². The molecule has 0 unspecified atom stereocenters. The van der Waals surface area contributed by atoms with Crippen LogP contribution < -0.4 is 10.1 Å². The third-order valence-electron chi connectivity index (χ3n) is 4.60. The van der Waals surface area contributed by atoms with Crippen molar-refractivity contribution >= 4 is 44.7 Å². The van der Waals surface area contributed by atoms with Gasteiger partial charge in [-0.15, -0.1) is 0 Å². The number of halogens is 1. The molecule has 3 rings (SSSR count). The van der Waals surface area contributed by atoms with E-state index >= 15 is 0 Å². The lowest BCUT2D eigenvalue weighted by Crippen LogP contribution is -2.31. The minimum absolute atomic E-state index is 0.0815. The Morgan fingerprint density at radius 2 is 1.83 bits per heavy atom. The van der Waals surface area contributed by atoms with Gasteiger partial charge in [-0.2, -0.15) is 5.10 Å². The van der Waals surface area contributed by atoms with Gasteiger partial charge < -0.3 is 0 Å². The molecule has 1 fully saturated rings. The summed E-state index contributed by atoms with van der Waals surface area (Å²) in [5.41, 5.74) is 3.20. The van der Waals surface area contributed by atoms with E-state index in [2.05, 4.69) is 15.2 Å². The summed E-state index contributed by atoms with van der Waals surface area (Å²) >= 11 is 6.02. The van der Waals surface area contributed by atoms with Crippen molar-refractivity contribution in [2.24, 2.45) is 10.5 Å². The molecule has 0 aliphatic heterocycles. The highest BCUT2D eigenvalue weighted by molar-refractivity contribution is 7.92. The van der Waals surface area contributed by atoms with Crippen molar-refractivity contribution in [2.45, 2.75) is 38.0 Å². The first-order chi connectivity index (χ1) is 14.1. The van der Waals surface area contributed by atoms with Gasteiger partial charge in [0.05, 0.1) is 15.6 Å². The molecular formula is C21H22ClN3O4S. The number of ketones is 1. The maximum atomic E-state index is 12.7. The second-order valence-corrected chi connectivity index (χ2v) is 10.1. The summed E-state index contributed by atoms with van der Waals surface area (Å²) in [5, 5.41) is 4.35. The fourth-order valence-electron chi connectivity index (χ4n) is 3.33. The number of rotatable bonds is 5. The molecule has 2 aromatic rings. The predicted octanol–water partition coefficient (Wildman–Crippen LogP) is 4.01. The third kappa shape index (κ3) is 5.46. The fourth-order valence-corrected chi connectivity index (χ4v) is 4.69. The number of sulfonamides is 1. The Morgan fingerprint density at radius 3 is 2.53 bits per heavy atom. The summed E-state index contributed by atoms with van der Waals surface area (Å²) in [6.07, 6.45) is 1.30. The molecule has 0 aromatic heterocycles. The van der Waals surface area contributed by atoms with E-state index in [0.717, 1.165) is 0 Å². The molecule has 0 spiro atoms. The first kappa shape index (κ1) is 22.0. The molecule has 0 heterocycles. The predicted molar refractivity (Wildman–Crippen MR) is 116 cm³/mol. The minimum Gasteiger partial charge on any atom is -0.299 e. The van der Waals surface area contributed by atoms with Crippen LogP contribution in [0.5, 0.6) is 0 Å². The molecule has 1 aliphatic carbocycles. The zero-order chi connectivity index (χ0) is 21.9. The van der Waals surface area contributed by atoms with Crippen LogP contribution in [0.4, 0.5) is 5.69 Å². The van der Waals surface area contributed by atoms with E-state index in [4.69, 9.17) is 11.6 Å². The lowest BCUT2D eigenvalue weighted by atomic mass is 9.76. The molecule has 1 amide bonds. The molecule has 158 valence electrons. The van der Waals surface area contributed by atoms with Crippen molar-refractivity contribution in [2.75, 3.05) is 4.72 Å². The van der Waals surface area contributed by atoms with Gasteiger partial charge in [-0.05, 0) is 42.2 Å². The van der Waals surface area contributed by atoms with Crippen molar-refractivity contribution in [1.29, 1.82) is 0 Å². The minimum atomic E-state index is -3.94. The fraction of sp³-hybridized carbons (Fsp3) is 0.286. The Bertz CT molecular complexity index is 1130. The SMILES string of the molecule is CC1(C)CC(=O)CC(=NNC(=O)c2cccc(S(=O)(=O)Nc3ccccc3Cl)c2)C1. The molecular weight excluding hydrogens is 426 g/mol. The molecule has 0 bridgehead atoms. The zero-order valence-corrected chi connectivity index (χ0v) is 18.2. The quantitative estimate of drug-likeness (QED) is 0.675. The topological polar surface area (TPSA) is 105 Å². The molecule has 30 heavy (non-hydrogen) atoms. The number of hydrogen-bond acceptors (Lipinski definition) is 5. The average Bonchev–Trinajstić information content (AvgIpc) is 2.66. The Hall–Kier alpha value is -2.71. The third-order valence-corrected chi connectivity index (χ3v) is 6.29. The summed E-state index contributed by atoms with van der Waals surface area (Å²) < 4.78 is 27.8. The summed E-state index contributed by atoms with van der Waals surface area (Å²) in [4.78, 5) is 24.3. The molecule has 1 saturated carbocycles. The Kier molecular flexibility index (Phi) is 6.28. The van der Waals surface area contributed by atoms with E-state index in [1.54, 1.807) is 24.3 Å². The summed E-state index contributed by atoms with van der Waals surface area (Å²) in [6.45, 7) is 3.95. The van der Waals surface area contributed by atoms with Gasteiger partial charge in [0.2, 0.25) is 0 Å². The van der Waals surface area contributed by atoms with Crippen LogP contribution in [0, 0.1) is 5.41 Å². The van der Waals surface area contributed by atoms with Crippen molar-refractivity contribution in [1.82, 2.24) is 5.43 Å². The number of Topliss-reactive ketones (excluding diaryl/α,β-unsaturated/α-hetero) is 1. The van der Waals surface area contributed by atoms with E-state index in [-0.39, 0.29) is 38.8 Å². The maximum absolute atomic E-state index is 12.7. The number of benzene rings is 2. The molecule has 2 N–H and O–H groups in total. The van der Waals surface area contributed by atoms with Gasteiger partial charge in [0.15, 0.2) is 0 Å². The van der Waals surface area contributed by atoms with Crippen molar-refractivity contribution in [3.8, 4) is 0 Å². The van der Waals surface area contributed by atoms with Crippen LogP contribution in [-0.2, 0) is 14.8 Å². The second-order valence-electron chi connectivity index (χ2n) is 7.97. The van der Waals surface area contributed by atoms with Crippen LogP contribution in [0.1, 0.15) is 43.5 Å². The van der Waals surface area contributed by atoms with Crippen LogP contribution in [0.2, 0.25) is 5.02 Å². The molecule has 0 atom stereocenters. The Morgan fingerprint density at radius 1 is 1.10 bits per heavy atom. The first-order valence-electron chi connectivity index (χ1n) is 9.31. The van der Waals surface area contributed by atoms with Gasteiger partial charge in [0.1, 0.15) is 5.78 Å². The van der Waals surface area contributed by atoms with Crippen LogP contribution in [-0.4, -0.2) is 25.8 Å². The van der Waals surface area contributed by atoms with E-state index in [0.29, 0.717) is 18.6 Å². The van der Waals surface area contributed by atoms with Gasteiger partial charge in [-0.25, -0.2) is 13.8 Å². The second kappa shape index (κ2) is 8.57. The van der Waals surface area contributed by atoms with E-state index in [1.165, 1.54) is 24.3 Å². The number of hydrogen-bond donors (Lipinski definition) is 2. The van der Waals surface area contributed by atoms with Gasteiger partial charge in [0.25, 0.3) is 15.9 Å². The molecule has 9 heteroatoms. The largest absolute Gasteiger partial charge is 0.299 e. The summed E-state index contributed by atoms with van der Waals surface area (Å²) in [7, 11) is -3.94. The Labute approximate surface area is 180 Å². The standard InChI is InChI=1S/C21H22ClN3O4S/c1-21(2)12-15(11-16(26)13-21)23-24-20(27)14-6-5-7-17(10-14)30(28,29)25-19-9-4-3-8-18(19)22/h3-10,25H,11-13H2,1-2H3,(H,24,27). The van der Waals surface area contributed by atoms with Crippen LogP contribution in [0.25, 0.3) is 0 Å². The highest BCUT2D eigenvalue weighted by Crippen LogP contribution is 2.31.